The van der Waals surface area contributed by atoms with Gasteiger partial charge in [-0.3, -0.25) is 9.59 Å². The van der Waals surface area contributed by atoms with Gasteiger partial charge in [0, 0.05) is 13.8 Å². The molecule has 3 rings (SSSR count). The first-order chi connectivity index (χ1) is 24.0. The highest BCUT2D eigenvalue weighted by atomic mass is 16.8. The summed E-state index contributed by atoms with van der Waals surface area (Å²) in [5.41, 5.74) is 0. The Morgan fingerprint density at radius 2 is 1.04 bits per heavy atom. The third kappa shape index (κ3) is 10.2. The fourth-order valence-corrected chi connectivity index (χ4v) is 5.95. The van der Waals surface area contributed by atoms with Crippen molar-refractivity contribution in [3.8, 4) is 0 Å². The summed E-state index contributed by atoms with van der Waals surface area (Å²) in [5, 5.41) is 138. The van der Waals surface area contributed by atoms with Gasteiger partial charge in [0.2, 0.25) is 11.8 Å². The predicted octanol–water partition coefficient (Wildman–Crippen LogP) is -9.83. The maximum atomic E-state index is 12.3. The molecule has 3 fully saturated rings. The first-order valence-corrected chi connectivity index (χ1v) is 16.0. The lowest BCUT2D eigenvalue weighted by molar-refractivity contribution is -0.368. The molecule has 19 atom stereocenters. The molecule has 0 unspecified atom stereocenters. The van der Waals surface area contributed by atoms with Gasteiger partial charge in [0.1, 0.15) is 97.5 Å². The average molecular weight is 751 g/mol. The zero-order valence-corrected chi connectivity index (χ0v) is 27.6. The van der Waals surface area contributed by atoms with Crippen molar-refractivity contribution in [2.24, 2.45) is 0 Å². The van der Waals surface area contributed by atoms with E-state index in [1.165, 1.54) is 0 Å². The smallest absolute Gasteiger partial charge is 0.217 e. The van der Waals surface area contributed by atoms with E-state index in [9.17, 15) is 76.0 Å². The number of aliphatic hydroxyl groups is 13. The molecule has 3 saturated heterocycles. The number of hydrogen-bond donors (Lipinski definition) is 15. The standard InChI is InChI=1S/C28H50N2O21/c1-8(36)29-15-20(43)18(41)12(5-33)46-26(15)50-24-14(7-35)48-27(16(21(24)44)30-9(2)37)51-25-19(42)13(6-34)47-28(22(25)45)49-23(11(39)4-32)17(40)10(38)3-31/h10-28,31-35,38-45H,3-7H2,1-2H3,(H,29,36)(H,30,37)/t10-,11+,12+,13+,14+,15+,16+,17+,18-,19-,20+,21+,22+,23+,24+,25-,26-,27-,28-/m0/s1. The van der Waals surface area contributed by atoms with Crippen molar-refractivity contribution in [2.45, 2.75) is 130 Å². The average Bonchev–Trinajstić information content (AvgIpc) is 3.10. The zero-order chi connectivity index (χ0) is 38.3. The summed E-state index contributed by atoms with van der Waals surface area (Å²) >= 11 is 0. The molecular formula is C28H50N2O21. The van der Waals surface area contributed by atoms with Crippen LogP contribution in [-0.4, -0.2) is 228 Å². The minimum atomic E-state index is -2.10. The van der Waals surface area contributed by atoms with Crippen LogP contribution in [0.15, 0.2) is 0 Å². The Bertz CT molecular complexity index is 1100. The van der Waals surface area contributed by atoms with Crippen LogP contribution < -0.4 is 10.6 Å². The van der Waals surface area contributed by atoms with Gasteiger partial charge in [0.05, 0.1) is 33.0 Å². The third-order valence-corrected chi connectivity index (χ3v) is 8.65. The lowest BCUT2D eigenvalue weighted by Crippen LogP contribution is -2.70. The van der Waals surface area contributed by atoms with E-state index in [2.05, 4.69) is 10.6 Å². The largest absolute Gasteiger partial charge is 0.394 e. The summed E-state index contributed by atoms with van der Waals surface area (Å²) in [6.07, 6.45) is -30.9. The minimum Gasteiger partial charge on any atom is -0.394 e. The number of carbonyl (C=O) groups excluding carboxylic acids is 2. The lowest BCUT2D eigenvalue weighted by Gasteiger charge is -2.50. The van der Waals surface area contributed by atoms with Crippen LogP contribution in [0.4, 0.5) is 0 Å². The number of hydrogen-bond acceptors (Lipinski definition) is 21. The van der Waals surface area contributed by atoms with Gasteiger partial charge in [-0.2, -0.15) is 0 Å². The summed E-state index contributed by atoms with van der Waals surface area (Å²) in [7, 11) is 0. The van der Waals surface area contributed by atoms with Crippen LogP contribution in [0, 0.1) is 0 Å². The highest BCUT2D eigenvalue weighted by Crippen LogP contribution is 2.33. The highest BCUT2D eigenvalue weighted by molar-refractivity contribution is 5.73. The Labute approximate surface area is 290 Å². The SMILES string of the molecule is CC(=O)N[C@H]1[C@H](O[C@H]2[C@@H](O)[C@@H](CO)O[C@@H](O[C@@H]([C@H](O)[C@@H](O)CO)[C@H](O)CO)[C@@H]2O)O[C@H](CO)[C@@H](O[C@@H]2O[C@H](CO)[C@H](O)[C@H](O)[C@H]2NC(C)=O)[C@@H]1O. The van der Waals surface area contributed by atoms with Gasteiger partial charge in [-0.25, -0.2) is 0 Å². The first kappa shape index (κ1) is 43.6. The molecule has 0 radical (unpaired) electrons. The molecule has 3 aliphatic rings. The summed E-state index contributed by atoms with van der Waals surface area (Å²) in [6.45, 7) is -2.60. The van der Waals surface area contributed by atoms with E-state index >= 15 is 0 Å². The number of rotatable bonds is 16. The Hall–Kier alpha value is -1.82. The predicted molar refractivity (Wildman–Crippen MR) is 159 cm³/mol. The van der Waals surface area contributed by atoms with E-state index in [4.69, 9.17) is 28.4 Å². The van der Waals surface area contributed by atoms with E-state index in [0.717, 1.165) is 13.8 Å². The van der Waals surface area contributed by atoms with E-state index in [1.807, 2.05) is 0 Å². The van der Waals surface area contributed by atoms with Crippen LogP contribution in [0.1, 0.15) is 13.8 Å². The van der Waals surface area contributed by atoms with Crippen LogP contribution >= 0.6 is 0 Å². The van der Waals surface area contributed by atoms with Crippen LogP contribution in [0.5, 0.6) is 0 Å². The van der Waals surface area contributed by atoms with Gasteiger partial charge in [0.15, 0.2) is 18.9 Å². The van der Waals surface area contributed by atoms with Crippen LogP contribution in [0.3, 0.4) is 0 Å². The van der Waals surface area contributed by atoms with Gasteiger partial charge in [0.25, 0.3) is 0 Å². The van der Waals surface area contributed by atoms with Crippen LogP contribution in [0.2, 0.25) is 0 Å². The molecular weight excluding hydrogens is 700 g/mol. The molecule has 23 heteroatoms. The normalized spacial score (nSPS) is 41.3. The van der Waals surface area contributed by atoms with E-state index in [1.54, 1.807) is 0 Å². The Morgan fingerprint density at radius 1 is 0.588 bits per heavy atom. The second-order valence-electron chi connectivity index (χ2n) is 12.4. The van der Waals surface area contributed by atoms with Gasteiger partial charge in [-0.1, -0.05) is 0 Å². The molecule has 0 saturated carbocycles. The van der Waals surface area contributed by atoms with Crippen molar-refractivity contribution in [3.05, 3.63) is 0 Å². The molecule has 2 amide bonds. The molecule has 0 aliphatic carbocycles. The maximum Gasteiger partial charge on any atom is 0.217 e. The van der Waals surface area contributed by atoms with Gasteiger partial charge in [-0.15, -0.1) is 0 Å². The van der Waals surface area contributed by atoms with Crippen molar-refractivity contribution in [3.63, 3.8) is 0 Å². The quantitative estimate of drug-likeness (QED) is 0.0696. The van der Waals surface area contributed by atoms with Crippen molar-refractivity contribution in [2.75, 3.05) is 33.0 Å². The molecule has 3 aliphatic heterocycles. The zero-order valence-electron chi connectivity index (χ0n) is 27.6. The minimum absolute atomic E-state index is 0.692. The molecule has 0 spiro atoms. The van der Waals surface area contributed by atoms with Crippen molar-refractivity contribution in [1.29, 1.82) is 0 Å². The van der Waals surface area contributed by atoms with Crippen LogP contribution in [-0.2, 0) is 38.0 Å². The van der Waals surface area contributed by atoms with Crippen molar-refractivity contribution >= 4 is 11.8 Å². The number of ether oxygens (including phenoxy) is 6. The molecule has 298 valence electrons. The lowest BCUT2D eigenvalue weighted by atomic mass is 9.94. The summed E-state index contributed by atoms with van der Waals surface area (Å²) in [4.78, 5) is 24.1. The number of carbonyl (C=O) groups is 2. The highest BCUT2D eigenvalue weighted by Gasteiger charge is 2.55. The van der Waals surface area contributed by atoms with Gasteiger partial charge < -0.3 is 105 Å². The molecule has 3 heterocycles. The second kappa shape index (κ2) is 19.5. The van der Waals surface area contributed by atoms with Crippen LogP contribution in [0.25, 0.3) is 0 Å². The molecule has 0 bridgehead atoms. The third-order valence-electron chi connectivity index (χ3n) is 8.65. The monoisotopic (exact) mass is 750 g/mol. The topological polar surface area (TPSA) is 377 Å². The molecule has 0 aromatic carbocycles. The molecule has 51 heavy (non-hydrogen) atoms. The second-order valence-corrected chi connectivity index (χ2v) is 12.4. The fraction of sp³-hybridized carbons (Fsp3) is 0.929. The Kier molecular flexibility index (Phi) is 16.7. The molecule has 0 aromatic rings. The van der Waals surface area contributed by atoms with Crippen molar-refractivity contribution in [1.82, 2.24) is 10.6 Å². The fourth-order valence-electron chi connectivity index (χ4n) is 5.95. The summed E-state index contributed by atoms with van der Waals surface area (Å²) < 4.78 is 33.8. The van der Waals surface area contributed by atoms with Gasteiger partial charge in [-0.05, 0) is 0 Å². The summed E-state index contributed by atoms with van der Waals surface area (Å²) in [6, 6.07) is -3.13. The Balaban J connectivity index is 1.91. The van der Waals surface area contributed by atoms with Gasteiger partial charge >= 0.3 is 0 Å². The summed E-state index contributed by atoms with van der Waals surface area (Å²) in [5.74, 6) is -1.47. The molecule has 15 N–H and O–H groups in total. The number of amides is 2. The van der Waals surface area contributed by atoms with E-state index in [-0.39, 0.29) is 0 Å². The van der Waals surface area contributed by atoms with E-state index in [0.29, 0.717) is 0 Å². The number of aliphatic hydroxyl groups excluding tert-OH is 13. The Morgan fingerprint density at radius 3 is 1.53 bits per heavy atom. The number of nitrogens with one attached hydrogen (secondary N) is 2. The first-order valence-electron chi connectivity index (χ1n) is 16.0. The van der Waals surface area contributed by atoms with E-state index < -0.39 is 161 Å². The maximum absolute atomic E-state index is 12.3. The molecule has 0 aromatic heterocycles. The van der Waals surface area contributed by atoms with Crippen molar-refractivity contribution < 1.29 is 104 Å². The molecule has 23 nitrogen and oxygen atoms in total.